The zero-order valence-corrected chi connectivity index (χ0v) is 14.9. The molecule has 1 fully saturated rings. The van der Waals surface area contributed by atoms with Gasteiger partial charge in [-0.2, -0.15) is 0 Å². The van der Waals surface area contributed by atoms with Crippen LogP contribution < -0.4 is 0 Å². The van der Waals surface area contributed by atoms with Crippen LogP contribution in [0.1, 0.15) is 52.0 Å². The summed E-state index contributed by atoms with van der Waals surface area (Å²) in [5.74, 6) is 0.710. The van der Waals surface area contributed by atoms with Crippen molar-refractivity contribution in [3.05, 3.63) is 35.9 Å². The first-order chi connectivity index (χ1) is 10.7. The van der Waals surface area contributed by atoms with Crippen molar-refractivity contribution in [1.82, 2.24) is 9.80 Å². The number of hydrogen-bond acceptors (Lipinski definition) is 2. The molecule has 0 aliphatic carbocycles. The van der Waals surface area contributed by atoms with Crippen molar-refractivity contribution in [2.24, 2.45) is 0 Å². The Bertz CT molecular complexity index is 432. The third-order valence-electron chi connectivity index (χ3n) is 4.31. The van der Waals surface area contributed by atoms with E-state index in [0.29, 0.717) is 18.4 Å². The van der Waals surface area contributed by atoms with Crippen LogP contribution in [0.2, 0.25) is 0 Å². The van der Waals surface area contributed by atoms with Crippen LogP contribution in [0.25, 0.3) is 0 Å². The van der Waals surface area contributed by atoms with Gasteiger partial charge in [-0.25, -0.2) is 0 Å². The van der Waals surface area contributed by atoms with Crippen molar-refractivity contribution in [2.75, 3.05) is 26.7 Å². The molecule has 0 bridgehead atoms. The normalized spacial score (nSPS) is 20.7. The summed E-state index contributed by atoms with van der Waals surface area (Å²) in [7, 11) is 2.18. The average Bonchev–Trinajstić information content (AvgIpc) is 3.02. The molecule has 2 rings (SSSR count). The molecule has 1 aliphatic rings. The minimum Gasteiger partial charge on any atom is -0.340 e. The summed E-state index contributed by atoms with van der Waals surface area (Å²) in [4.78, 5) is 16.5. The van der Waals surface area contributed by atoms with Crippen LogP contribution in [0.5, 0.6) is 0 Å². The second-order valence-electron chi connectivity index (χ2n) is 5.72. The number of nitrogens with zero attached hydrogens (tertiary/aromatic N) is 2. The molecular formula is C19H32N2O. The van der Waals surface area contributed by atoms with Gasteiger partial charge in [-0.3, -0.25) is 4.79 Å². The molecule has 1 aromatic carbocycles. The molecule has 2 atom stereocenters. The largest absolute Gasteiger partial charge is 0.340 e. The van der Waals surface area contributed by atoms with Gasteiger partial charge in [0.05, 0.1) is 0 Å². The van der Waals surface area contributed by atoms with Gasteiger partial charge in [0.25, 0.3) is 0 Å². The van der Waals surface area contributed by atoms with Gasteiger partial charge in [0, 0.05) is 31.5 Å². The van der Waals surface area contributed by atoms with Gasteiger partial charge in [-0.15, -0.1) is 0 Å². The van der Waals surface area contributed by atoms with E-state index in [-0.39, 0.29) is 5.91 Å². The van der Waals surface area contributed by atoms with Crippen molar-refractivity contribution in [2.45, 2.75) is 52.5 Å². The maximum Gasteiger partial charge on any atom is 0.222 e. The molecule has 3 nitrogen and oxygen atoms in total. The highest BCUT2D eigenvalue weighted by molar-refractivity contribution is 5.76. The molecule has 0 N–H and O–H groups in total. The zero-order valence-electron chi connectivity index (χ0n) is 14.9. The third kappa shape index (κ3) is 4.57. The molecule has 1 saturated heterocycles. The highest BCUT2D eigenvalue weighted by Crippen LogP contribution is 2.31. The standard InChI is InChI=1S/C17H26N2O.C2H6/c1-4-11-18(3)16-13-19(17(20)5-2)12-15(16)14-9-7-6-8-10-14;1-2/h6-10,15-16H,4-5,11-13H2,1-3H3;1-2H3. The predicted molar refractivity (Wildman–Crippen MR) is 94.1 cm³/mol. The molecule has 0 radical (unpaired) electrons. The summed E-state index contributed by atoms with van der Waals surface area (Å²) in [5, 5.41) is 0. The summed E-state index contributed by atoms with van der Waals surface area (Å²) in [6.45, 7) is 11.0. The minimum atomic E-state index is 0.276. The van der Waals surface area contributed by atoms with Crippen LogP contribution in [-0.2, 0) is 4.79 Å². The Hall–Kier alpha value is -1.35. The Morgan fingerprint density at radius 1 is 1.18 bits per heavy atom. The lowest BCUT2D eigenvalue weighted by molar-refractivity contribution is -0.130. The molecule has 1 aromatic rings. The van der Waals surface area contributed by atoms with Crippen molar-refractivity contribution in [3.8, 4) is 0 Å². The Labute approximate surface area is 136 Å². The molecule has 3 heteroatoms. The van der Waals surface area contributed by atoms with E-state index in [2.05, 4.69) is 49.2 Å². The molecule has 1 heterocycles. The highest BCUT2D eigenvalue weighted by atomic mass is 16.2. The first kappa shape index (κ1) is 18.7. The number of carbonyl (C=O) groups excluding carboxylic acids is 1. The number of hydrogen-bond donors (Lipinski definition) is 0. The summed E-state index contributed by atoms with van der Waals surface area (Å²) >= 11 is 0. The molecule has 0 aromatic heterocycles. The van der Waals surface area contributed by atoms with Crippen LogP contribution in [0, 0.1) is 0 Å². The predicted octanol–water partition coefficient (Wildman–Crippen LogP) is 3.76. The average molecular weight is 304 g/mol. The topological polar surface area (TPSA) is 23.6 Å². The Morgan fingerprint density at radius 2 is 1.82 bits per heavy atom. The second-order valence-corrected chi connectivity index (χ2v) is 5.72. The lowest BCUT2D eigenvalue weighted by Gasteiger charge is -2.28. The van der Waals surface area contributed by atoms with E-state index < -0.39 is 0 Å². The van der Waals surface area contributed by atoms with Gasteiger partial charge in [-0.1, -0.05) is 58.0 Å². The number of carbonyl (C=O) groups is 1. The zero-order chi connectivity index (χ0) is 16.5. The summed E-state index contributed by atoms with van der Waals surface area (Å²) in [5.41, 5.74) is 1.35. The van der Waals surface area contributed by atoms with Gasteiger partial charge in [0.15, 0.2) is 0 Å². The van der Waals surface area contributed by atoms with Gasteiger partial charge in [-0.05, 0) is 25.6 Å². The smallest absolute Gasteiger partial charge is 0.222 e. The van der Waals surface area contributed by atoms with E-state index in [4.69, 9.17) is 0 Å². The SMILES string of the molecule is CC.CCCN(C)C1CN(C(=O)CC)CC1c1ccccc1. The Balaban J connectivity index is 0.00000116. The molecule has 124 valence electrons. The highest BCUT2D eigenvalue weighted by Gasteiger charge is 2.37. The maximum atomic E-state index is 12.0. The van der Waals surface area contributed by atoms with E-state index in [0.717, 1.165) is 26.1 Å². The fraction of sp³-hybridized carbons (Fsp3) is 0.632. The van der Waals surface area contributed by atoms with Crippen molar-refractivity contribution in [1.29, 1.82) is 0 Å². The fourth-order valence-electron chi connectivity index (χ4n) is 3.21. The monoisotopic (exact) mass is 304 g/mol. The molecule has 1 aliphatic heterocycles. The second kappa shape index (κ2) is 9.62. The van der Waals surface area contributed by atoms with Gasteiger partial charge in [0.1, 0.15) is 0 Å². The van der Waals surface area contributed by atoms with Crippen LogP contribution in [0.3, 0.4) is 0 Å². The van der Waals surface area contributed by atoms with Crippen molar-refractivity contribution in [3.63, 3.8) is 0 Å². The molecule has 2 unspecified atom stereocenters. The summed E-state index contributed by atoms with van der Waals surface area (Å²) < 4.78 is 0. The maximum absolute atomic E-state index is 12.0. The van der Waals surface area contributed by atoms with Crippen molar-refractivity contribution < 1.29 is 4.79 Å². The summed E-state index contributed by atoms with van der Waals surface area (Å²) in [6, 6.07) is 11.1. The first-order valence-electron chi connectivity index (χ1n) is 8.70. The summed E-state index contributed by atoms with van der Waals surface area (Å²) in [6.07, 6.45) is 1.75. The van der Waals surface area contributed by atoms with Crippen LogP contribution in [0.4, 0.5) is 0 Å². The molecular weight excluding hydrogens is 272 g/mol. The number of likely N-dealkylation sites (N-methyl/N-ethyl adjacent to an activating group) is 1. The number of likely N-dealkylation sites (tertiary alicyclic amines) is 1. The third-order valence-corrected chi connectivity index (χ3v) is 4.31. The quantitative estimate of drug-likeness (QED) is 0.827. The number of benzene rings is 1. The number of amides is 1. The lowest BCUT2D eigenvalue weighted by Crippen LogP contribution is -2.38. The van der Waals surface area contributed by atoms with E-state index in [9.17, 15) is 4.79 Å². The van der Waals surface area contributed by atoms with E-state index in [1.54, 1.807) is 0 Å². The minimum absolute atomic E-state index is 0.276. The van der Waals surface area contributed by atoms with Gasteiger partial charge < -0.3 is 9.80 Å². The Morgan fingerprint density at radius 3 is 2.36 bits per heavy atom. The van der Waals surface area contributed by atoms with Gasteiger partial charge in [0.2, 0.25) is 5.91 Å². The van der Waals surface area contributed by atoms with Crippen LogP contribution in [-0.4, -0.2) is 48.4 Å². The van der Waals surface area contributed by atoms with E-state index >= 15 is 0 Å². The lowest BCUT2D eigenvalue weighted by atomic mass is 9.93. The van der Waals surface area contributed by atoms with Gasteiger partial charge >= 0.3 is 0 Å². The Kier molecular flexibility index (Phi) is 8.18. The van der Waals surface area contributed by atoms with Crippen LogP contribution >= 0.6 is 0 Å². The van der Waals surface area contributed by atoms with Crippen molar-refractivity contribution >= 4 is 5.91 Å². The first-order valence-corrected chi connectivity index (χ1v) is 8.70. The molecule has 22 heavy (non-hydrogen) atoms. The molecule has 1 amide bonds. The molecule has 0 spiro atoms. The number of rotatable bonds is 5. The molecule has 0 saturated carbocycles. The van der Waals surface area contributed by atoms with Crippen LogP contribution in [0.15, 0.2) is 30.3 Å². The van der Waals surface area contributed by atoms with E-state index in [1.165, 1.54) is 5.56 Å². The fourth-order valence-corrected chi connectivity index (χ4v) is 3.21. The van der Waals surface area contributed by atoms with E-state index in [1.807, 2.05) is 25.7 Å².